The molecule has 4 heterocycles. The number of carbonyl (C=O) groups excluding carboxylic acids is 10. The number of imidazole rings is 1. The first-order valence-corrected chi connectivity index (χ1v) is 31.6. The summed E-state index contributed by atoms with van der Waals surface area (Å²) in [6, 6.07) is 1.58. The van der Waals surface area contributed by atoms with Crippen molar-refractivity contribution in [2.45, 2.75) is 160 Å². The molecule has 2 aliphatic heterocycles. The molecule has 4 aromatic rings. The summed E-state index contributed by atoms with van der Waals surface area (Å²) in [7, 11) is -4.67. The van der Waals surface area contributed by atoms with E-state index in [0.717, 1.165) is 5.52 Å². The fourth-order valence-corrected chi connectivity index (χ4v) is 10.5. The normalized spacial score (nSPS) is 16.8. The highest BCUT2D eigenvalue weighted by atomic mass is 32.3. The minimum atomic E-state index is -4.67. The molecule has 0 saturated carbocycles. The molecule has 6 rings (SSSR count). The number of carbonyl (C=O) groups is 10. The lowest BCUT2D eigenvalue weighted by Gasteiger charge is -2.31. The zero-order chi connectivity index (χ0) is 67.8. The number of aliphatic imine (C=N–C) groups is 1. The van der Waals surface area contributed by atoms with Gasteiger partial charge in [-0.2, -0.15) is 8.42 Å². The van der Waals surface area contributed by atoms with Crippen LogP contribution in [0.25, 0.3) is 10.9 Å². The van der Waals surface area contributed by atoms with E-state index >= 15 is 0 Å². The molecule has 10 amide bonds. The molecule has 0 unspecified atom stereocenters. The van der Waals surface area contributed by atoms with Gasteiger partial charge >= 0.3 is 10.4 Å². The van der Waals surface area contributed by atoms with Crippen LogP contribution >= 0.6 is 0 Å². The van der Waals surface area contributed by atoms with Gasteiger partial charge in [0, 0.05) is 74.3 Å². The number of aromatic amines is 2. The summed E-state index contributed by atoms with van der Waals surface area (Å²) >= 11 is 0. The number of nitrogens with zero attached hydrogens (tertiary/aromatic N) is 3. The molecule has 0 aliphatic carbocycles. The number of aliphatic hydroxyl groups excluding tert-OH is 1. The Morgan fingerprint density at radius 2 is 1.25 bits per heavy atom. The molecule has 2 saturated heterocycles. The van der Waals surface area contributed by atoms with Gasteiger partial charge in [0.05, 0.1) is 12.9 Å². The second-order valence-electron chi connectivity index (χ2n) is 23.2. The fourth-order valence-electron chi connectivity index (χ4n) is 10.5. The molecule has 2 fully saturated rings. The van der Waals surface area contributed by atoms with E-state index in [1.54, 1.807) is 45.2 Å². The van der Waals surface area contributed by atoms with Crippen molar-refractivity contribution in [3.8, 4) is 5.75 Å². The number of likely N-dealkylation sites (N-methyl/N-ethyl adjacent to an activating group) is 1. The van der Waals surface area contributed by atoms with Crippen LogP contribution in [-0.2, 0) is 77.6 Å². The number of hydrogen-bond acceptors (Lipinski definition) is 16. The minimum Gasteiger partial charge on any atom is -0.508 e. The van der Waals surface area contributed by atoms with Crippen LogP contribution in [0.4, 0.5) is 0 Å². The third-order valence-corrected chi connectivity index (χ3v) is 14.9. The maximum absolute atomic E-state index is 14.7. The van der Waals surface area contributed by atoms with E-state index < -0.39 is 119 Å². The average molecular weight is 1310 g/mol. The van der Waals surface area contributed by atoms with Gasteiger partial charge in [0.2, 0.25) is 59.1 Å². The Bertz CT molecular complexity index is 3310. The van der Waals surface area contributed by atoms with Crippen molar-refractivity contribution in [3.63, 3.8) is 0 Å². The van der Waals surface area contributed by atoms with Crippen LogP contribution in [0, 0.1) is 11.8 Å². The third kappa shape index (κ3) is 23.9. The zero-order valence-corrected chi connectivity index (χ0v) is 52.7. The number of aromatic hydroxyl groups is 1. The van der Waals surface area contributed by atoms with Crippen molar-refractivity contribution in [1.29, 1.82) is 0 Å². The van der Waals surface area contributed by atoms with Crippen LogP contribution < -0.4 is 59.3 Å². The number of likely N-dealkylation sites (tertiary alicyclic amines) is 1. The summed E-state index contributed by atoms with van der Waals surface area (Å²) in [6.45, 7) is 8.82. The van der Waals surface area contributed by atoms with Gasteiger partial charge in [0.15, 0.2) is 5.96 Å². The molecule has 0 radical (unpaired) electrons. The molecular weight excluding hydrogens is 1220 g/mol. The fraction of sp³-hybridized carbons (Fsp3) is 0.525. The van der Waals surface area contributed by atoms with E-state index in [1.807, 2.05) is 19.9 Å². The molecule has 0 bridgehead atoms. The summed E-state index contributed by atoms with van der Waals surface area (Å²) in [5, 5.41) is 45.9. The Hall–Kier alpha value is -9.21. The highest BCUT2D eigenvalue weighted by Gasteiger charge is 2.40. The number of aliphatic hydroxyl groups is 1. The number of guanidine groups is 1. The highest BCUT2D eigenvalue weighted by Crippen LogP contribution is 2.22. The maximum atomic E-state index is 14.7. The number of rotatable bonds is 32. The lowest BCUT2D eigenvalue weighted by molar-refractivity contribution is -0.142. The number of aromatic nitrogens is 3. The number of phenolic OH excluding ortho intramolecular Hbond substituents is 1. The van der Waals surface area contributed by atoms with Gasteiger partial charge in [0.25, 0.3) is 0 Å². The molecule has 2 aliphatic rings. The standard InChI is InChI=1S/C59H84N16O12.H2O4S/c1-6-63-57(86)48-14-10-22-75(48)58(87)41(13-9-21-64-59(60)61)68-51(80)42(23-32(2)3)69-52(81)43(24-33(4)5)70-53(82)44(25-34-15-17-37(77)18-16-34)71-56(85)47(30-76)74-54(83)45(26-35-28-65-39-12-8-7-11-38(35)39)72-55(84)46(27-36-29-62-31-66-36)73-50(79)40-19-20-49(78)67-40;1-5(2,3)4/h7-8,11-12,15-18,28-29,31-33,40-48,65,76-77H,6,9-10,13-14,19-27,30H2,1-5H3,(H,62,66)(H,63,86)(H,67,78)(H,68,80)(H,69,81)(H,70,82)(H,71,85)(H,72,84)(H,73,79)(H,74,83)(H4,60,61,64);(H2,1,2,3,4)/t40-,41-,42-,43+,44-,45-,46-,47-,48-;/m0./s1. The second kappa shape index (κ2) is 35.4. The number of fused-ring (bicyclic) bond motifs is 1. The molecule has 92 heavy (non-hydrogen) atoms. The molecule has 0 spiro atoms. The number of H-pyrrole nitrogens is 2. The van der Waals surface area contributed by atoms with Crippen molar-refractivity contribution in [2.75, 3.05) is 26.2 Å². The summed E-state index contributed by atoms with van der Waals surface area (Å²) in [5.74, 6) is -7.55. The predicted molar refractivity (Wildman–Crippen MR) is 334 cm³/mol. The predicted octanol–water partition coefficient (Wildman–Crippen LogP) is -2.09. The van der Waals surface area contributed by atoms with E-state index in [1.165, 1.54) is 41.7 Å². The number of amides is 10. The van der Waals surface area contributed by atoms with Crippen LogP contribution in [0.2, 0.25) is 0 Å². The quantitative estimate of drug-likeness (QED) is 0.0108. The van der Waals surface area contributed by atoms with Gasteiger partial charge < -0.3 is 84.4 Å². The zero-order valence-electron chi connectivity index (χ0n) is 51.9. The lowest BCUT2D eigenvalue weighted by atomic mass is 9.98. The molecule has 33 heteroatoms. The topological polar surface area (TPSA) is 506 Å². The Morgan fingerprint density at radius 1 is 0.707 bits per heavy atom. The number of phenols is 1. The summed E-state index contributed by atoms with van der Waals surface area (Å²) in [6.07, 6.45) is 5.80. The number of hydrogen-bond donors (Lipinski definition) is 17. The van der Waals surface area contributed by atoms with Crippen molar-refractivity contribution < 1.29 is 75.7 Å². The number of para-hydroxylation sites is 1. The molecular formula is C59H86N16O16S. The van der Waals surface area contributed by atoms with E-state index in [0.29, 0.717) is 41.6 Å². The van der Waals surface area contributed by atoms with E-state index in [-0.39, 0.29) is 106 Å². The largest absolute Gasteiger partial charge is 0.508 e. The van der Waals surface area contributed by atoms with Gasteiger partial charge in [-0.25, -0.2) is 4.98 Å². The van der Waals surface area contributed by atoms with Gasteiger partial charge in [-0.3, -0.25) is 62.0 Å². The van der Waals surface area contributed by atoms with Crippen LogP contribution in [0.5, 0.6) is 5.75 Å². The number of nitrogens with one attached hydrogen (secondary N) is 11. The van der Waals surface area contributed by atoms with Crippen molar-refractivity contribution >= 4 is 86.3 Å². The Kier molecular flexibility index (Phi) is 28.3. The molecule has 2 aromatic heterocycles. The molecule has 9 atom stereocenters. The van der Waals surface area contributed by atoms with Gasteiger partial charge in [-0.15, -0.1) is 0 Å². The summed E-state index contributed by atoms with van der Waals surface area (Å²) in [5.41, 5.74) is 13.3. The lowest BCUT2D eigenvalue weighted by Crippen LogP contribution is -2.61. The van der Waals surface area contributed by atoms with Crippen LogP contribution in [-0.4, -0.2) is 193 Å². The second-order valence-corrected chi connectivity index (χ2v) is 24.1. The van der Waals surface area contributed by atoms with Crippen molar-refractivity contribution in [3.05, 3.63) is 84.1 Å². The minimum absolute atomic E-state index is 0.0397. The highest BCUT2D eigenvalue weighted by molar-refractivity contribution is 7.79. The summed E-state index contributed by atoms with van der Waals surface area (Å²) < 4.78 is 31.6. The Morgan fingerprint density at radius 3 is 1.79 bits per heavy atom. The van der Waals surface area contributed by atoms with Gasteiger partial charge in [0.1, 0.15) is 60.1 Å². The molecule has 504 valence electrons. The number of benzene rings is 2. The number of nitrogens with two attached hydrogens (primary N) is 2. The van der Waals surface area contributed by atoms with Crippen LogP contribution in [0.15, 0.2) is 72.2 Å². The maximum Gasteiger partial charge on any atom is 0.394 e. The third-order valence-electron chi connectivity index (χ3n) is 14.9. The molecule has 32 nitrogen and oxygen atoms in total. The van der Waals surface area contributed by atoms with E-state index in [4.69, 9.17) is 29.0 Å². The van der Waals surface area contributed by atoms with E-state index in [2.05, 4.69) is 67.8 Å². The monoisotopic (exact) mass is 1310 g/mol. The van der Waals surface area contributed by atoms with Gasteiger partial charge in [-0.05, 0) is 93.0 Å². The SMILES string of the molecule is CCNC(=O)[C@@H]1CCCN1C(=O)[C@H](CCCN=C(N)N)NC(=O)[C@H](CC(C)C)NC(=O)[C@@H](CC(C)C)NC(=O)[C@H](Cc1ccc(O)cc1)NC(=O)[C@H](CO)NC(=O)[C@H](Cc1c[nH]c2ccccc12)NC(=O)[C@H](Cc1cnc[nH]1)NC(=O)[C@@H]1CCC(=O)N1.O=S(=O)(O)O. The molecule has 2 aromatic carbocycles. The van der Waals surface area contributed by atoms with Crippen molar-refractivity contribution in [1.82, 2.24) is 67.7 Å². The van der Waals surface area contributed by atoms with Crippen molar-refractivity contribution in [2.24, 2.45) is 28.3 Å². The van der Waals surface area contributed by atoms with Gasteiger partial charge in [-0.1, -0.05) is 58.0 Å². The average Bonchev–Trinajstić information content (AvgIpc) is 1.63. The first kappa shape index (κ1) is 73.5. The molecule has 19 N–H and O–H groups in total. The first-order chi connectivity index (χ1) is 43.5. The Labute approximate surface area is 531 Å². The first-order valence-electron chi connectivity index (χ1n) is 30.2. The van der Waals surface area contributed by atoms with Crippen LogP contribution in [0.1, 0.15) is 103 Å². The smallest absolute Gasteiger partial charge is 0.394 e. The van der Waals surface area contributed by atoms with E-state index in [9.17, 15) is 58.2 Å². The summed E-state index contributed by atoms with van der Waals surface area (Å²) in [4.78, 5) is 155. The Balaban J connectivity index is 0.00000295. The van der Waals surface area contributed by atoms with Crippen LogP contribution in [0.3, 0.4) is 0 Å².